The molecule has 0 amide bonds. The van der Waals surface area contributed by atoms with Gasteiger partial charge in [0, 0.05) is 12.6 Å². The van der Waals surface area contributed by atoms with E-state index in [9.17, 15) is 0 Å². The number of aromatic nitrogens is 2. The van der Waals surface area contributed by atoms with Gasteiger partial charge in [0.2, 0.25) is 0 Å². The van der Waals surface area contributed by atoms with Gasteiger partial charge in [-0.2, -0.15) is 5.10 Å². The highest BCUT2D eigenvalue weighted by Crippen LogP contribution is 2.25. The maximum Gasteiger partial charge on any atom is 0.0738 e. The van der Waals surface area contributed by atoms with Crippen LogP contribution in [0.4, 0.5) is 0 Å². The Morgan fingerprint density at radius 1 is 1.41 bits per heavy atom. The van der Waals surface area contributed by atoms with Gasteiger partial charge in [-0.25, -0.2) is 0 Å². The lowest BCUT2D eigenvalue weighted by atomic mass is 9.97. The fourth-order valence-corrected chi connectivity index (χ4v) is 2.64. The number of rotatable bonds is 6. The predicted octanol–water partition coefficient (Wildman–Crippen LogP) is 3.15. The summed E-state index contributed by atoms with van der Waals surface area (Å²) in [7, 11) is 2.02. The first-order chi connectivity index (χ1) is 7.99. The monoisotopic (exact) mass is 301 g/mol. The van der Waals surface area contributed by atoms with Crippen LogP contribution in [0.5, 0.6) is 0 Å². The molecule has 0 fully saturated rings. The number of nitrogens with one attached hydrogen (secondary N) is 1. The first kappa shape index (κ1) is 14.7. The van der Waals surface area contributed by atoms with Gasteiger partial charge >= 0.3 is 0 Å². The maximum atomic E-state index is 4.54. The standard InChI is InChI=1S/C13H24BrN3/c1-6-17-12(13(14)11(4)16-17)8-9(2)7-10(3)15-5/h9-10,15H,6-8H2,1-5H3. The summed E-state index contributed by atoms with van der Waals surface area (Å²) in [6.07, 6.45) is 2.28. The molecule has 0 spiro atoms. The molecule has 2 unspecified atom stereocenters. The molecule has 1 aromatic rings. The van der Waals surface area contributed by atoms with Crippen LogP contribution >= 0.6 is 15.9 Å². The molecule has 0 aliphatic rings. The molecule has 4 heteroatoms. The number of aryl methyl sites for hydroxylation is 2. The zero-order chi connectivity index (χ0) is 13.0. The molecule has 0 saturated carbocycles. The molecular formula is C13H24BrN3. The molecule has 0 aliphatic carbocycles. The normalized spacial score (nSPS) is 14.9. The van der Waals surface area contributed by atoms with Gasteiger partial charge in [0.1, 0.15) is 0 Å². The Bertz CT molecular complexity index is 360. The van der Waals surface area contributed by atoms with Crippen molar-refractivity contribution in [1.82, 2.24) is 15.1 Å². The van der Waals surface area contributed by atoms with Crippen molar-refractivity contribution < 1.29 is 0 Å². The summed E-state index contributed by atoms with van der Waals surface area (Å²) >= 11 is 3.65. The van der Waals surface area contributed by atoms with E-state index in [1.165, 1.54) is 16.6 Å². The van der Waals surface area contributed by atoms with Crippen molar-refractivity contribution in [2.75, 3.05) is 7.05 Å². The minimum atomic E-state index is 0.572. The van der Waals surface area contributed by atoms with E-state index in [0.29, 0.717) is 12.0 Å². The van der Waals surface area contributed by atoms with Gasteiger partial charge in [-0.1, -0.05) is 6.92 Å². The smallest absolute Gasteiger partial charge is 0.0738 e. The van der Waals surface area contributed by atoms with Crippen molar-refractivity contribution in [1.29, 1.82) is 0 Å². The number of hydrogen-bond acceptors (Lipinski definition) is 2. The maximum absolute atomic E-state index is 4.54. The summed E-state index contributed by atoms with van der Waals surface area (Å²) in [5.74, 6) is 0.662. The summed E-state index contributed by atoms with van der Waals surface area (Å²) in [6, 6.07) is 0.572. The van der Waals surface area contributed by atoms with E-state index in [1.54, 1.807) is 0 Å². The quantitative estimate of drug-likeness (QED) is 0.875. The third kappa shape index (κ3) is 3.81. The SMILES string of the molecule is CCn1nc(C)c(Br)c1CC(C)CC(C)NC. The molecule has 0 radical (unpaired) electrons. The second kappa shape index (κ2) is 6.55. The lowest BCUT2D eigenvalue weighted by Gasteiger charge is -2.17. The van der Waals surface area contributed by atoms with E-state index in [1.807, 2.05) is 7.05 Å². The van der Waals surface area contributed by atoms with Crippen LogP contribution in [0.2, 0.25) is 0 Å². The van der Waals surface area contributed by atoms with Crippen molar-refractivity contribution in [3.8, 4) is 0 Å². The van der Waals surface area contributed by atoms with Gasteiger partial charge in [-0.05, 0) is 62.5 Å². The van der Waals surface area contributed by atoms with E-state index in [-0.39, 0.29) is 0 Å². The minimum Gasteiger partial charge on any atom is -0.317 e. The topological polar surface area (TPSA) is 29.9 Å². The molecule has 0 aliphatic heterocycles. The van der Waals surface area contributed by atoms with E-state index in [4.69, 9.17) is 0 Å². The van der Waals surface area contributed by atoms with E-state index >= 15 is 0 Å². The van der Waals surface area contributed by atoms with Crippen molar-refractivity contribution in [3.63, 3.8) is 0 Å². The van der Waals surface area contributed by atoms with Crippen LogP contribution in [0.25, 0.3) is 0 Å². The summed E-state index contributed by atoms with van der Waals surface area (Å²) in [5, 5.41) is 7.83. The van der Waals surface area contributed by atoms with Gasteiger partial charge in [-0.3, -0.25) is 4.68 Å². The van der Waals surface area contributed by atoms with Gasteiger partial charge in [0.25, 0.3) is 0 Å². The van der Waals surface area contributed by atoms with Crippen LogP contribution in [0.1, 0.15) is 38.6 Å². The summed E-state index contributed by atoms with van der Waals surface area (Å²) < 4.78 is 3.29. The zero-order valence-electron chi connectivity index (χ0n) is 11.5. The molecule has 98 valence electrons. The van der Waals surface area contributed by atoms with Crippen molar-refractivity contribution in [2.24, 2.45) is 5.92 Å². The molecule has 2 atom stereocenters. The van der Waals surface area contributed by atoms with Gasteiger partial charge in [0.05, 0.1) is 15.9 Å². The number of halogens is 1. The molecule has 0 bridgehead atoms. The predicted molar refractivity (Wildman–Crippen MR) is 76.3 cm³/mol. The van der Waals surface area contributed by atoms with Crippen LogP contribution in [-0.4, -0.2) is 22.9 Å². The Morgan fingerprint density at radius 3 is 2.59 bits per heavy atom. The van der Waals surface area contributed by atoms with Crippen LogP contribution in [0.15, 0.2) is 4.47 Å². The minimum absolute atomic E-state index is 0.572. The highest BCUT2D eigenvalue weighted by atomic mass is 79.9. The van der Waals surface area contributed by atoms with Crippen LogP contribution in [0.3, 0.4) is 0 Å². The first-order valence-electron chi connectivity index (χ1n) is 6.38. The first-order valence-corrected chi connectivity index (χ1v) is 7.17. The molecule has 1 N–H and O–H groups in total. The van der Waals surface area contributed by atoms with Gasteiger partial charge < -0.3 is 5.32 Å². The van der Waals surface area contributed by atoms with Crippen molar-refractivity contribution in [3.05, 3.63) is 15.9 Å². The molecule has 0 saturated heterocycles. The lowest BCUT2D eigenvalue weighted by Crippen LogP contribution is -2.24. The highest BCUT2D eigenvalue weighted by molar-refractivity contribution is 9.10. The third-order valence-corrected chi connectivity index (χ3v) is 4.27. The van der Waals surface area contributed by atoms with Crippen LogP contribution in [0, 0.1) is 12.8 Å². The second-order valence-electron chi connectivity index (χ2n) is 4.90. The molecule has 3 nitrogen and oxygen atoms in total. The third-order valence-electron chi connectivity index (χ3n) is 3.24. The van der Waals surface area contributed by atoms with Crippen LogP contribution in [-0.2, 0) is 13.0 Å². The summed E-state index contributed by atoms with van der Waals surface area (Å²) in [6.45, 7) is 9.68. The lowest BCUT2D eigenvalue weighted by molar-refractivity contribution is 0.427. The molecule has 17 heavy (non-hydrogen) atoms. The molecule has 1 rings (SSSR count). The number of hydrogen-bond donors (Lipinski definition) is 1. The summed E-state index contributed by atoms with van der Waals surface area (Å²) in [4.78, 5) is 0. The van der Waals surface area contributed by atoms with E-state index < -0.39 is 0 Å². The Labute approximate surface area is 113 Å². The van der Waals surface area contributed by atoms with Crippen LogP contribution < -0.4 is 5.32 Å². The fourth-order valence-electron chi connectivity index (χ4n) is 2.20. The van der Waals surface area contributed by atoms with E-state index in [0.717, 1.165) is 18.7 Å². The number of nitrogens with zero attached hydrogens (tertiary/aromatic N) is 2. The van der Waals surface area contributed by atoms with Crippen molar-refractivity contribution in [2.45, 2.75) is 53.1 Å². The van der Waals surface area contributed by atoms with Gasteiger partial charge in [0.15, 0.2) is 0 Å². The fraction of sp³-hybridized carbons (Fsp3) is 0.769. The largest absolute Gasteiger partial charge is 0.317 e. The molecule has 1 aromatic heterocycles. The Kier molecular flexibility index (Phi) is 5.67. The Hall–Kier alpha value is -0.350. The van der Waals surface area contributed by atoms with Crippen molar-refractivity contribution >= 4 is 15.9 Å². The molecule has 0 aromatic carbocycles. The highest BCUT2D eigenvalue weighted by Gasteiger charge is 2.16. The second-order valence-corrected chi connectivity index (χ2v) is 5.69. The zero-order valence-corrected chi connectivity index (χ0v) is 13.1. The average molecular weight is 302 g/mol. The van der Waals surface area contributed by atoms with Gasteiger partial charge in [-0.15, -0.1) is 0 Å². The molecule has 1 heterocycles. The Balaban J connectivity index is 2.73. The molecular weight excluding hydrogens is 278 g/mol. The average Bonchev–Trinajstić information content (AvgIpc) is 2.56. The summed E-state index contributed by atoms with van der Waals surface area (Å²) in [5.41, 5.74) is 2.43. The van der Waals surface area contributed by atoms with E-state index in [2.05, 4.69) is 58.7 Å². The Morgan fingerprint density at radius 2 is 2.06 bits per heavy atom.